The Balaban J connectivity index is 1.54. The molecule has 4 rings (SSSR count). The highest BCUT2D eigenvalue weighted by Gasteiger charge is 2.39. The van der Waals surface area contributed by atoms with Gasteiger partial charge in [0.15, 0.2) is 0 Å². The quantitative estimate of drug-likeness (QED) is 0.472. The lowest BCUT2D eigenvalue weighted by Crippen LogP contribution is -2.32. The Bertz CT molecular complexity index is 1380. The molecule has 1 heterocycles. The van der Waals surface area contributed by atoms with Crippen LogP contribution < -0.4 is 15.5 Å². The van der Waals surface area contributed by atoms with E-state index in [9.17, 15) is 14.4 Å². The maximum absolute atomic E-state index is 13.1. The summed E-state index contributed by atoms with van der Waals surface area (Å²) in [5.74, 6) is -1.44. The van der Waals surface area contributed by atoms with Gasteiger partial charge in [-0.3, -0.25) is 14.4 Å². The van der Waals surface area contributed by atoms with Crippen molar-refractivity contribution >= 4 is 46.4 Å². The fourth-order valence-electron chi connectivity index (χ4n) is 3.62. The van der Waals surface area contributed by atoms with Crippen LogP contribution in [0.1, 0.15) is 32.6 Å². The summed E-state index contributed by atoms with van der Waals surface area (Å²) in [5.41, 5.74) is 6.19. The first-order valence-corrected chi connectivity index (χ1v) is 11.1. The molecule has 0 radical (unpaired) electrons. The van der Waals surface area contributed by atoms with E-state index in [1.165, 1.54) is 0 Å². The van der Waals surface area contributed by atoms with E-state index in [2.05, 4.69) is 10.6 Å². The maximum atomic E-state index is 13.1. The third-order valence-electron chi connectivity index (χ3n) is 5.93. The lowest BCUT2D eigenvalue weighted by molar-refractivity contribution is -0.120. The number of benzene rings is 3. The molecule has 7 heteroatoms. The summed E-state index contributed by atoms with van der Waals surface area (Å²) in [6.07, 6.45) is 0. The second-order valence-electron chi connectivity index (χ2n) is 8.36. The van der Waals surface area contributed by atoms with E-state index < -0.39 is 11.8 Å². The second kappa shape index (κ2) is 9.15. The van der Waals surface area contributed by atoms with Gasteiger partial charge in [-0.25, -0.2) is 4.90 Å². The number of hydrogen-bond acceptors (Lipinski definition) is 4. The Morgan fingerprint density at radius 1 is 0.765 bits per heavy atom. The van der Waals surface area contributed by atoms with E-state index in [-0.39, 0.29) is 16.6 Å². The molecule has 0 aliphatic carbocycles. The number of nitrogens with zero attached hydrogens (tertiary/aromatic N) is 1. The molecule has 3 amide bonds. The van der Waals surface area contributed by atoms with Gasteiger partial charge in [0.05, 0.1) is 5.69 Å². The van der Waals surface area contributed by atoms with Crippen LogP contribution in [0.25, 0.3) is 0 Å². The number of amides is 3. The Hall–Kier alpha value is -3.90. The number of halogens is 1. The van der Waals surface area contributed by atoms with Crippen LogP contribution in [-0.4, -0.2) is 17.7 Å². The highest BCUT2D eigenvalue weighted by Crippen LogP contribution is 2.31. The monoisotopic (exact) mass is 473 g/mol. The first-order valence-electron chi connectivity index (χ1n) is 10.8. The Kier molecular flexibility index (Phi) is 6.26. The average Bonchev–Trinajstić information content (AvgIpc) is 3.01. The van der Waals surface area contributed by atoms with Crippen LogP contribution in [0.4, 0.5) is 17.1 Å². The predicted molar refractivity (Wildman–Crippen MR) is 135 cm³/mol. The van der Waals surface area contributed by atoms with Gasteiger partial charge < -0.3 is 10.6 Å². The maximum Gasteiger partial charge on any atom is 0.283 e. The fraction of sp³-hybridized carbons (Fsp3) is 0.148. The number of aryl methyl sites for hydroxylation is 4. The van der Waals surface area contributed by atoms with E-state index in [0.29, 0.717) is 22.6 Å². The molecule has 3 aromatic rings. The van der Waals surface area contributed by atoms with E-state index in [4.69, 9.17) is 11.6 Å². The van der Waals surface area contributed by atoms with Crippen molar-refractivity contribution in [3.8, 4) is 0 Å². The smallest absolute Gasteiger partial charge is 0.283 e. The van der Waals surface area contributed by atoms with Crippen molar-refractivity contribution in [3.05, 3.63) is 99.2 Å². The standard InChI is InChI=1S/C27H24ClN3O3/c1-15-8-10-21(12-17(15)3)30-25(32)19-6-5-7-20(14-19)29-24-23(28)26(33)31(27(24)34)22-11-9-16(2)18(4)13-22/h5-14,29H,1-4H3,(H,30,32). The van der Waals surface area contributed by atoms with Crippen LogP contribution >= 0.6 is 11.6 Å². The Labute approximate surface area is 203 Å². The number of nitrogens with one attached hydrogen (secondary N) is 2. The Morgan fingerprint density at radius 3 is 2.12 bits per heavy atom. The number of rotatable bonds is 5. The molecule has 0 saturated carbocycles. The molecule has 0 bridgehead atoms. The summed E-state index contributed by atoms with van der Waals surface area (Å²) in [6, 6.07) is 17.7. The van der Waals surface area contributed by atoms with E-state index in [1.807, 2.05) is 52.0 Å². The third kappa shape index (κ3) is 4.45. The van der Waals surface area contributed by atoms with Crippen molar-refractivity contribution in [3.63, 3.8) is 0 Å². The second-order valence-corrected chi connectivity index (χ2v) is 8.74. The van der Waals surface area contributed by atoms with Gasteiger partial charge in [0.25, 0.3) is 17.7 Å². The van der Waals surface area contributed by atoms with Crippen molar-refractivity contribution < 1.29 is 14.4 Å². The summed E-state index contributed by atoms with van der Waals surface area (Å²) >= 11 is 6.25. The number of anilines is 3. The van der Waals surface area contributed by atoms with Crippen molar-refractivity contribution in [2.24, 2.45) is 0 Å². The van der Waals surface area contributed by atoms with Gasteiger partial charge in [0.1, 0.15) is 10.7 Å². The van der Waals surface area contributed by atoms with Crippen LogP contribution in [0.3, 0.4) is 0 Å². The topological polar surface area (TPSA) is 78.5 Å². The van der Waals surface area contributed by atoms with Crippen molar-refractivity contribution in [1.29, 1.82) is 0 Å². The van der Waals surface area contributed by atoms with Gasteiger partial charge in [-0.1, -0.05) is 29.8 Å². The minimum Gasteiger partial charge on any atom is -0.350 e. The largest absolute Gasteiger partial charge is 0.350 e. The minimum atomic E-state index is -0.596. The average molecular weight is 474 g/mol. The summed E-state index contributed by atoms with van der Waals surface area (Å²) in [4.78, 5) is 39.6. The van der Waals surface area contributed by atoms with Crippen molar-refractivity contribution in [2.45, 2.75) is 27.7 Å². The van der Waals surface area contributed by atoms with Crippen LogP contribution in [0.5, 0.6) is 0 Å². The lowest BCUT2D eigenvalue weighted by Gasteiger charge is -2.16. The molecule has 0 atom stereocenters. The van der Waals surface area contributed by atoms with Crippen LogP contribution in [0.2, 0.25) is 0 Å². The first kappa shape index (κ1) is 23.3. The molecule has 1 aliphatic rings. The van der Waals surface area contributed by atoms with E-state index in [1.54, 1.807) is 36.4 Å². The lowest BCUT2D eigenvalue weighted by atomic mass is 10.1. The summed E-state index contributed by atoms with van der Waals surface area (Å²) < 4.78 is 0. The molecular weight excluding hydrogens is 450 g/mol. The summed E-state index contributed by atoms with van der Waals surface area (Å²) in [6.45, 7) is 7.85. The molecule has 1 aliphatic heterocycles. The van der Waals surface area contributed by atoms with E-state index in [0.717, 1.165) is 27.2 Å². The highest BCUT2D eigenvalue weighted by molar-refractivity contribution is 6.53. The Morgan fingerprint density at radius 2 is 1.44 bits per heavy atom. The number of imide groups is 1. The SMILES string of the molecule is Cc1ccc(NC(=O)c2cccc(NC3=C(Cl)C(=O)N(c4ccc(C)c(C)c4)C3=O)c2)cc1C. The molecule has 2 N–H and O–H groups in total. The molecule has 0 spiro atoms. The van der Waals surface area contributed by atoms with Gasteiger partial charge in [-0.05, 0) is 92.4 Å². The molecule has 172 valence electrons. The zero-order valence-corrected chi connectivity index (χ0v) is 20.1. The molecule has 0 saturated heterocycles. The molecule has 0 fully saturated rings. The molecule has 3 aromatic carbocycles. The van der Waals surface area contributed by atoms with Crippen molar-refractivity contribution in [2.75, 3.05) is 15.5 Å². The third-order valence-corrected chi connectivity index (χ3v) is 6.29. The number of carbonyl (C=O) groups excluding carboxylic acids is 3. The van der Waals surface area contributed by atoms with Gasteiger partial charge in [-0.15, -0.1) is 0 Å². The van der Waals surface area contributed by atoms with Crippen LogP contribution in [0.15, 0.2) is 71.4 Å². The van der Waals surface area contributed by atoms with Gasteiger partial charge in [0, 0.05) is 16.9 Å². The minimum absolute atomic E-state index is 0.0309. The van der Waals surface area contributed by atoms with E-state index >= 15 is 0 Å². The summed E-state index contributed by atoms with van der Waals surface area (Å²) in [7, 11) is 0. The van der Waals surface area contributed by atoms with Gasteiger partial charge in [-0.2, -0.15) is 0 Å². The summed E-state index contributed by atoms with van der Waals surface area (Å²) in [5, 5.41) is 5.60. The molecule has 6 nitrogen and oxygen atoms in total. The first-order chi connectivity index (χ1) is 16.2. The van der Waals surface area contributed by atoms with Crippen LogP contribution in [0, 0.1) is 27.7 Å². The van der Waals surface area contributed by atoms with Gasteiger partial charge in [0.2, 0.25) is 0 Å². The normalized spacial score (nSPS) is 13.5. The molecule has 0 unspecified atom stereocenters. The van der Waals surface area contributed by atoms with Gasteiger partial charge >= 0.3 is 0 Å². The number of hydrogen-bond donors (Lipinski definition) is 2. The zero-order chi connectivity index (χ0) is 24.6. The fourth-order valence-corrected chi connectivity index (χ4v) is 3.83. The zero-order valence-electron chi connectivity index (χ0n) is 19.3. The number of carbonyl (C=O) groups is 3. The predicted octanol–water partition coefficient (Wildman–Crippen LogP) is 5.61. The van der Waals surface area contributed by atoms with Crippen LogP contribution in [-0.2, 0) is 9.59 Å². The molecular formula is C27H24ClN3O3. The van der Waals surface area contributed by atoms with Crippen molar-refractivity contribution in [1.82, 2.24) is 0 Å². The molecule has 0 aromatic heterocycles. The molecule has 34 heavy (non-hydrogen) atoms. The highest BCUT2D eigenvalue weighted by atomic mass is 35.5.